The number of anilines is 1. The molecule has 0 heterocycles. The predicted octanol–water partition coefficient (Wildman–Crippen LogP) is 3.50. The first-order valence-electron chi connectivity index (χ1n) is 5.93. The summed E-state index contributed by atoms with van der Waals surface area (Å²) in [5.74, 6) is 0. The third-order valence-corrected chi connectivity index (χ3v) is 4.10. The van der Waals surface area contributed by atoms with Crippen molar-refractivity contribution in [2.75, 3.05) is 5.32 Å². The van der Waals surface area contributed by atoms with Gasteiger partial charge in [-0.25, -0.2) is 0 Å². The predicted molar refractivity (Wildman–Crippen MR) is 76.3 cm³/mol. The number of nitrogens with two attached hydrogens (primary N) is 1. The summed E-state index contributed by atoms with van der Waals surface area (Å²) < 4.78 is 1.14. The molecule has 1 aliphatic carbocycles. The summed E-state index contributed by atoms with van der Waals surface area (Å²) in [6, 6.07) is 13.6. The van der Waals surface area contributed by atoms with Crippen LogP contribution in [0.5, 0.6) is 0 Å². The summed E-state index contributed by atoms with van der Waals surface area (Å²) in [6.07, 6.45) is 2.15. The summed E-state index contributed by atoms with van der Waals surface area (Å²) in [4.78, 5) is 0. The van der Waals surface area contributed by atoms with Crippen LogP contribution in [0.3, 0.4) is 0 Å². The number of nitrogens with one attached hydrogen (secondary N) is 1. The first kappa shape index (κ1) is 11.1. The third kappa shape index (κ3) is 2.05. The molecular formula is C14H15BrN2. The van der Waals surface area contributed by atoms with Gasteiger partial charge in [-0.2, -0.15) is 0 Å². The van der Waals surface area contributed by atoms with Crippen LogP contribution in [-0.4, -0.2) is 12.1 Å². The largest absolute Gasteiger partial charge is 0.382 e. The Hall–Kier alpha value is -1.06. The Morgan fingerprint density at radius 3 is 2.47 bits per heavy atom. The average Bonchev–Trinajstić information content (AvgIpc) is 2.31. The number of hydrogen-bond donors (Lipinski definition) is 2. The standard InChI is InChI=1S/C14H15BrN2/c15-13-5-6-14(17-10-7-9(16)8-10)12-4-2-1-3-11(12)13/h1-6,9-10,17H,7-8,16H2. The van der Waals surface area contributed by atoms with Crippen molar-refractivity contribution in [2.24, 2.45) is 5.73 Å². The van der Waals surface area contributed by atoms with Gasteiger partial charge in [0.1, 0.15) is 0 Å². The van der Waals surface area contributed by atoms with E-state index in [1.165, 1.54) is 16.5 Å². The molecule has 0 aliphatic heterocycles. The Morgan fingerprint density at radius 2 is 1.76 bits per heavy atom. The molecule has 0 bridgehead atoms. The molecule has 0 aromatic heterocycles. The molecule has 1 saturated carbocycles. The molecule has 17 heavy (non-hydrogen) atoms. The Bertz CT molecular complexity index is 547. The molecule has 3 rings (SSSR count). The van der Waals surface area contributed by atoms with E-state index in [1.807, 2.05) is 0 Å². The van der Waals surface area contributed by atoms with Gasteiger partial charge in [0.2, 0.25) is 0 Å². The SMILES string of the molecule is NC1CC(Nc2ccc(Br)c3ccccc23)C1. The fourth-order valence-corrected chi connectivity index (χ4v) is 2.87. The second-order valence-electron chi connectivity index (χ2n) is 4.71. The van der Waals surface area contributed by atoms with Crippen LogP contribution >= 0.6 is 15.9 Å². The summed E-state index contributed by atoms with van der Waals surface area (Å²) in [5, 5.41) is 6.10. The van der Waals surface area contributed by atoms with Gasteiger partial charge in [-0.3, -0.25) is 0 Å². The van der Waals surface area contributed by atoms with E-state index in [4.69, 9.17) is 5.73 Å². The topological polar surface area (TPSA) is 38.0 Å². The maximum absolute atomic E-state index is 5.81. The van der Waals surface area contributed by atoms with Crippen LogP contribution in [0.4, 0.5) is 5.69 Å². The minimum absolute atomic E-state index is 0.384. The fourth-order valence-electron chi connectivity index (χ4n) is 2.39. The number of benzene rings is 2. The highest BCUT2D eigenvalue weighted by Crippen LogP contribution is 2.32. The van der Waals surface area contributed by atoms with E-state index in [9.17, 15) is 0 Å². The molecule has 0 unspecified atom stereocenters. The Labute approximate surface area is 109 Å². The van der Waals surface area contributed by atoms with Crippen LogP contribution in [0.15, 0.2) is 40.9 Å². The summed E-state index contributed by atoms with van der Waals surface area (Å²) in [5.41, 5.74) is 7.02. The lowest BCUT2D eigenvalue weighted by Gasteiger charge is -2.34. The first-order chi connectivity index (χ1) is 8.24. The monoisotopic (exact) mass is 290 g/mol. The van der Waals surface area contributed by atoms with Crippen molar-refractivity contribution in [1.82, 2.24) is 0 Å². The fraction of sp³-hybridized carbons (Fsp3) is 0.286. The highest BCUT2D eigenvalue weighted by molar-refractivity contribution is 9.10. The van der Waals surface area contributed by atoms with Gasteiger partial charge in [0.25, 0.3) is 0 Å². The van der Waals surface area contributed by atoms with E-state index in [0.29, 0.717) is 12.1 Å². The summed E-state index contributed by atoms with van der Waals surface area (Å²) in [7, 11) is 0. The second kappa shape index (κ2) is 4.31. The van der Waals surface area contributed by atoms with Gasteiger partial charge in [-0.15, -0.1) is 0 Å². The van der Waals surface area contributed by atoms with E-state index in [0.717, 1.165) is 17.3 Å². The maximum Gasteiger partial charge on any atom is 0.0422 e. The molecule has 2 aromatic carbocycles. The van der Waals surface area contributed by atoms with Gasteiger partial charge in [0.15, 0.2) is 0 Å². The molecular weight excluding hydrogens is 276 g/mol. The molecule has 0 spiro atoms. The molecule has 0 atom stereocenters. The van der Waals surface area contributed by atoms with Gasteiger partial charge in [-0.1, -0.05) is 40.2 Å². The number of fused-ring (bicyclic) bond motifs is 1. The quantitative estimate of drug-likeness (QED) is 0.888. The van der Waals surface area contributed by atoms with Crippen molar-refractivity contribution in [3.8, 4) is 0 Å². The van der Waals surface area contributed by atoms with Crippen molar-refractivity contribution in [3.63, 3.8) is 0 Å². The maximum atomic E-state index is 5.81. The molecule has 0 amide bonds. The van der Waals surface area contributed by atoms with Crippen molar-refractivity contribution in [2.45, 2.75) is 24.9 Å². The van der Waals surface area contributed by atoms with E-state index in [1.54, 1.807) is 0 Å². The lowest BCUT2D eigenvalue weighted by atomic mass is 9.87. The molecule has 1 fully saturated rings. The van der Waals surface area contributed by atoms with Gasteiger partial charge < -0.3 is 11.1 Å². The molecule has 0 saturated heterocycles. The lowest BCUT2D eigenvalue weighted by molar-refractivity contribution is 0.374. The van der Waals surface area contributed by atoms with Crippen molar-refractivity contribution in [3.05, 3.63) is 40.9 Å². The van der Waals surface area contributed by atoms with Crippen molar-refractivity contribution >= 4 is 32.4 Å². The van der Waals surface area contributed by atoms with Gasteiger partial charge in [0, 0.05) is 27.6 Å². The van der Waals surface area contributed by atoms with E-state index >= 15 is 0 Å². The van der Waals surface area contributed by atoms with Crippen LogP contribution in [0.25, 0.3) is 10.8 Å². The zero-order valence-corrected chi connectivity index (χ0v) is 11.1. The van der Waals surface area contributed by atoms with E-state index < -0.39 is 0 Å². The highest BCUT2D eigenvalue weighted by Gasteiger charge is 2.25. The molecule has 1 aliphatic rings. The molecule has 2 aromatic rings. The minimum atomic E-state index is 0.384. The van der Waals surface area contributed by atoms with Crippen LogP contribution in [0.1, 0.15) is 12.8 Å². The van der Waals surface area contributed by atoms with Gasteiger partial charge >= 0.3 is 0 Å². The zero-order valence-electron chi connectivity index (χ0n) is 9.49. The Balaban J connectivity index is 1.96. The number of halogens is 1. The minimum Gasteiger partial charge on any atom is -0.382 e. The van der Waals surface area contributed by atoms with E-state index in [2.05, 4.69) is 57.6 Å². The molecule has 88 valence electrons. The normalized spacial score (nSPS) is 23.4. The molecule has 0 radical (unpaired) electrons. The first-order valence-corrected chi connectivity index (χ1v) is 6.73. The van der Waals surface area contributed by atoms with Gasteiger partial charge in [-0.05, 0) is 30.4 Å². The zero-order chi connectivity index (χ0) is 11.8. The van der Waals surface area contributed by atoms with Gasteiger partial charge in [0.05, 0.1) is 0 Å². The van der Waals surface area contributed by atoms with Crippen LogP contribution in [0.2, 0.25) is 0 Å². The Morgan fingerprint density at radius 1 is 1.06 bits per heavy atom. The summed E-state index contributed by atoms with van der Waals surface area (Å²) in [6.45, 7) is 0. The molecule has 3 N–H and O–H groups in total. The van der Waals surface area contributed by atoms with Crippen LogP contribution in [-0.2, 0) is 0 Å². The van der Waals surface area contributed by atoms with Crippen LogP contribution in [0, 0.1) is 0 Å². The number of rotatable bonds is 2. The highest BCUT2D eigenvalue weighted by atomic mass is 79.9. The van der Waals surface area contributed by atoms with Crippen molar-refractivity contribution in [1.29, 1.82) is 0 Å². The third-order valence-electron chi connectivity index (χ3n) is 3.41. The second-order valence-corrected chi connectivity index (χ2v) is 5.57. The van der Waals surface area contributed by atoms with E-state index in [-0.39, 0.29) is 0 Å². The van der Waals surface area contributed by atoms with Crippen molar-refractivity contribution < 1.29 is 0 Å². The Kier molecular flexibility index (Phi) is 2.81. The summed E-state index contributed by atoms with van der Waals surface area (Å²) >= 11 is 3.59. The van der Waals surface area contributed by atoms with Crippen LogP contribution < -0.4 is 11.1 Å². The number of hydrogen-bond acceptors (Lipinski definition) is 2. The average molecular weight is 291 g/mol. The lowest BCUT2D eigenvalue weighted by Crippen LogP contribution is -2.44. The molecule has 2 nitrogen and oxygen atoms in total. The smallest absolute Gasteiger partial charge is 0.0422 e. The molecule has 3 heteroatoms.